The van der Waals surface area contributed by atoms with Crippen molar-refractivity contribution in [1.29, 1.82) is 0 Å². The van der Waals surface area contributed by atoms with E-state index in [2.05, 4.69) is 0 Å². The first-order valence-corrected chi connectivity index (χ1v) is 5.91. The third-order valence-corrected chi connectivity index (χ3v) is 3.47. The number of thiophene rings is 1. The lowest BCUT2D eigenvalue weighted by atomic mass is 10.0. The average Bonchev–Trinajstić information content (AvgIpc) is 2.70. The zero-order valence-electron chi connectivity index (χ0n) is 9.31. The van der Waals surface area contributed by atoms with Gasteiger partial charge in [-0.15, -0.1) is 11.3 Å². The zero-order chi connectivity index (χ0) is 11.5. The molecule has 1 aromatic carbocycles. The SMILES string of the molecule is COc1sc(C)cc1C(O)c1ccccc1. The van der Waals surface area contributed by atoms with E-state index in [9.17, 15) is 5.11 Å². The van der Waals surface area contributed by atoms with Gasteiger partial charge in [0.1, 0.15) is 6.10 Å². The Labute approximate surface area is 99.1 Å². The predicted octanol–water partition coefficient (Wildman–Crippen LogP) is 3.15. The van der Waals surface area contributed by atoms with E-state index in [-0.39, 0.29) is 0 Å². The molecule has 1 N–H and O–H groups in total. The quantitative estimate of drug-likeness (QED) is 0.884. The highest BCUT2D eigenvalue weighted by Crippen LogP contribution is 2.36. The van der Waals surface area contributed by atoms with Gasteiger partial charge in [0.2, 0.25) is 0 Å². The van der Waals surface area contributed by atoms with Crippen molar-refractivity contribution in [3.05, 3.63) is 52.4 Å². The molecule has 84 valence electrons. The Bertz CT molecular complexity index is 462. The van der Waals surface area contributed by atoms with Crippen LogP contribution >= 0.6 is 11.3 Å². The molecule has 1 unspecified atom stereocenters. The van der Waals surface area contributed by atoms with Gasteiger partial charge in [0.25, 0.3) is 0 Å². The minimum Gasteiger partial charge on any atom is -0.487 e. The standard InChI is InChI=1S/C13H14O2S/c1-9-8-11(13(15-2)16-9)12(14)10-6-4-3-5-7-10/h3-8,12,14H,1-2H3. The van der Waals surface area contributed by atoms with Gasteiger partial charge < -0.3 is 9.84 Å². The summed E-state index contributed by atoms with van der Waals surface area (Å²) in [5.41, 5.74) is 1.73. The molecule has 0 amide bonds. The van der Waals surface area contributed by atoms with Crippen LogP contribution in [0, 0.1) is 6.92 Å². The molecular formula is C13H14O2S. The van der Waals surface area contributed by atoms with E-state index in [4.69, 9.17) is 4.74 Å². The maximum Gasteiger partial charge on any atom is 0.179 e. The fourth-order valence-corrected chi connectivity index (χ4v) is 2.53. The van der Waals surface area contributed by atoms with E-state index >= 15 is 0 Å². The van der Waals surface area contributed by atoms with E-state index in [0.717, 1.165) is 21.1 Å². The minimum absolute atomic E-state index is 0.610. The van der Waals surface area contributed by atoms with Crippen LogP contribution < -0.4 is 4.74 Å². The normalized spacial score (nSPS) is 12.4. The monoisotopic (exact) mass is 234 g/mol. The molecular weight excluding hydrogens is 220 g/mol. The predicted molar refractivity (Wildman–Crippen MR) is 66.1 cm³/mol. The number of benzene rings is 1. The van der Waals surface area contributed by atoms with E-state index < -0.39 is 6.10 Å². The molecule has 1 aromatic heterocycles. The summed E-state index contributed by atoms with van der Waals surface area (Å²) in [4.78, 5) is 1.14. The van der Waals surface area contributed by atoms with Gasteiger partial charge in [-0.2, -0.15) is 0 Å². The second kappa shape index (κ2) is 4.68. The van der Waals surface area contributed by atoms with Crippen molar-refractivity contribution in [1.82, 2.24) is 0 Å². The number of aliphatic hydroxyl groups is 1. The van der Waals surface area contributed by atoms with Gasteiger partial charge >= 0.3 is 0 Å². The van der Waals surface area contributed by atoms with Gasteiger partial charge in [-0.3, -0.25) is 0 Å². The first-order chi connectivity index (χ1) is 7.72. The summed E-state index contributed by atoms with van der Waals surface area (Å²) in [5, 5.41) is 11.0. The van der Waals surface area contributed by atoms with Gasteiger partial charge in [0.15, 0.2) is 5.06 Å². The van der Waals surface area contributed by atoms with E-state index in [0.29, 0.717) is 0 Å². The van der Waals surface area contributed by atoms with Crippen molar-refractivity contribution in [2.24, 2.45) is 0 Å². The molecule has 16 heavy (non-hydrogen) atoms. The molecule has 0 saturated carbocycles. The van der Waals surface area contributed by atoms with Gasteiger partial charge in [-0.05, 0) is 18.6 Å². The Morgan fingerprint density at radius 2 is 1.94 bits per heavy atom. The number of rotatable bonds is 3. The second-order valence-electron chi connectivity index (χ2n) is 3.62. The lowest BCUT2D eigenvalue weighted by Gasteiger charge is -2.10. The number of aliphatic hydroxyl groups excluding tert-OH is 1. The van der Waals surface area contributed by atoms with Crippen molar-refractivity contribution in [3.63, 3.8) is 0 Å². The summed E-state index contributed by atoms with van der Waals surface area (Å²) in [7, 11) is 1.63. The molecule has 0 bridgehead atoms. The van der Waals surface area contributed by atoms with Gasteiger partial charge in [0, 0.05) is 10.4 Å². The Hall–Kier alpha value is -1.32. The molecule has 1 heterocycles. The lowest BCUT2D eigenvalue weighted by molar-refractivity contribution is 0.216. The Morgan fingerprint density at radius 1 is 1.25 bits per heavy atom. The first-order valence-electron chi connectivity index (χ1n) is 5.09. The first kappa shape index (κ1) is 11.2. The number of hydrogen-bond donors (Lipinski definition) is 1. The second-order valence-corrected chi connectivity index (χ2v) is 4.84. The molecule has 0 fully saturated rings. The molecule has 0 spiro atoms. The summed E-state index contributed by atoms with van der Waals surface area (Å²) in [6, 6.07) is 11.6. The van der Waals surface area contributed by atoms with Crippen LogP contribution in [0.15, 0.2) is 36.4 Å². The molecule has 0 saturated heterocycles. The average molecular weight is 234 g/mol. The van der Waals surface area contributed by atoms with Crippen molar-refractivity contribution in [2.45, 2.75) is 13.0 Å². The summed E-state index contributed by atoms with van der Waals surface area (Å²) >= 11 is 1.56. The zero-order valence-corrected chi connectivity index (χ0v) is 10.1. The molecule has 1 atom stereocenters. The van der Waals surface area contributed by atoms with Gasteiger partial charge in [0.05, 0.1) is 7.11 Å². The highest BCUT2D eigenvalue weighted by atomic mass is 32.1. The molecule has 0 aliphatic carbocycles. The highest BCUT2D eigenvalue weighted by molar-refractivity contribution is 7.14. The molecule has 2 aromatic rings. The van der Waals surface area contributed by atoms with E-state index in [1.165, 1.54) is 0 Å². The van der Waals surface area contributed by atoms with Crippen LogP contribution in [0.2, 0.25) is 0 Å². The molecule has 2 rings (SSSR count). The van der Waals surface area contributed by atoms with Crippen molar-refractivity contribution in [2.75, 3.05) is 7.11 Å². The largest absolute Gasteiger partial charge is 0.487 e. The van der Waals surface area contributed by atoms with Crippen molar-refractivity contribution < 1.29 is 9.84 Å². The maximum atomic E-state index is 10.2. The van der Waals surface area contributed by atoms with Crippen LogP contribution in [0.3, 0.4) is 0 Å². The smallest absolute Gasteiger partial charge is 0.179 e. The lowest BCUT2D eigenvalue weighted by Crippen LogP contribution is -1.99. The van der Waals surface area contributed by atoms with Crippen LogP contribution in [-0.2, 0) is 0 Å². The summed E-state index contributed by atoms with van der Waals surface area (Å²) in [6.07, 6.45) is -0.610. The van der Waals surface area contributed by atoms with Crippen LogP contribution in [0.5, 0.6) is 5.06 Å². The summed E-state index contributed by atoms with van der Waals surface area (Å²) in [5.74, 6) is 0. The molecule has 0 aliphatic heterocycles. The fourth-order valence-electron chi connectivity index (χ4n) is 1.68. The Kier molecular flexibility index (Phi) is 3.27. The fraction of sp³-hybridized carbons (Fsp3) is 0.231. The Balaban J connectivity index is 2.37. The van der Waals surface area contributed by atoms with Crippen LogP contribution in [0.4, 0.5) is 0 Å². The summed E-state index contributed by atoms with van der Waals surface area (Å²) in [6.45, 7) is 2.01. The Morgan fingerprint density at radius 3 is 2.56 bits per heavy atom. The van der Waals surface area contributed by atoms with Crippen molar-refractivity contribution >= 4 is 11.3 Å². The number of methoxy groups -OCH3 is 1. The minimum atomic E-state index is -0.610. The highest BCUT2D eigenvalue weighted by Gasteiger charge is 2.17. The number of hydrogen-bond acceptors (Lipinski definition) is 3. The van der Waals surface area contributed by atoms with Crippen LogP contribution in [-0.4, -0.2) is 12.2 Å². The van der Waals surface area contributed by atoms with Crippen LogP contribution in [0.1, 0.15) is 22.1 Å². The van der Waals surface area contributed by atoms with Crippen molar-refractivity contribution in [3.8, 4) is 5.06 Å². The third-order valence-electron chi connectivity index (χ3n) is 2.44. The molecule has 2 nitrogen and oxygen atoms in total. The molecule has 0 radical (unpaired) electrons. The topological polar surface area (TPSA) is 29.5 Å². The van der Waals surface area contributed by atoms with E-state index in [1.54, 1.807) is 18.4 Å². The van der Waals surface area contributed by atoms with E-state index in [1.807, 2.05) is 43.3 Å². The summed E-state index contributed by atoms with van der Waals surface area (Å²) < 4.78 is 5.27. The van der Waals surface area contributed by atoms with Gasteiger partial charge in [-0.25, -0.2) is 0 Å². The third kappa shape index (κ3) is 2.10. The van der Waals surface area contributed by atoms with Crippen LogP contribution in [0.25, 0.3) is 0 Å². The molecule has 0 aliphatic rings. The number of aryl methyl sites for hydroxylation is 1. The maximum absolute atomic E-state index is 10.2. The molecule has 3 heteroatoms. The van der Waals surface area contributed by atoms with Gasteiger partial charge in [-0.1, -0.05) is 30.3 Å². The number of ether oxygens (including phenoxy) is 1.